The lowest BCUT2D eigenvalue weighted by atomic mass is 9.85. The molecule has 0 saturated carbocycles. The summed E-state index contributed by atoms with van der Waals surface area (Å²) in [4.78, 5) is 34.8. The number of amides is 2. The molecule has 4 N–H and O–H groups in total. The van der Waals surface area contributed by atoms with E-state index in [1.54, 1.807) is 35.7 Å². The molecule has 3 aromatic carbocycles. The Labute approximate surface area is 302 Å². The van der Waals surface area contributed by atoms with Crippen LogP contribution in [0.4, 0.5) is 0 Å². The zero-order valence-corrected chi connectivity index (χ0v) is 30.3. The van der Waals surface area contributed by atoms with Crippen molar-refractivity contribution < 1.29 is 19.8 Å². The van der Waals surface area contributed by atoms with E-state index >= 15 is 0 Å². The number of likely N-dealkylation sites (tertiary alicyclic amines) is 1. The van der Waals surface area contributed by atoms with E-state index in [-0.39, 0.29) is 36.6 Å². The monoisotopic (exact) mass is 704 g/mol. The maximum atomic E-state index is 14.2. The van der Waals surface area contributed by atoms with E-state index in [0.29, 0.717) is 17.8 Å². The van der Waals surface area contributed by atoms with Crippen molar-refractivity contribution in [2.24, 2.45) is 5.41 Å². The molecule has 1 saturated heterocycles. The first-order valence-corrected chi connectivity index (χ1v) is 18.0. The van der Waals surface area contributed by atoms with Gasteiger partial charge < -0.3 is 25.7 Å². The Morgan fingerprint density at radius 1 is 1.00 bits per heavy atom. The molecule has 264 valence electrons. The van der Waals surface area contributed by atoms with Gasteiger partial charge in [-0.2, -0.15) is 10.2 Å². The molecule has 10 nitrogen and oxygen atoms in total. The van der Waals surface area contributed by atoms with Gasteiger partial charge in [0.25, 0.3) is 0 Å². The van der Waals surface area contributed by atoms with Crippen molar-refractivity contribution in [3.8, 4) is 38.6 Å². The van der Waals surface area contributed by atoms with Gasteiger partial charge in [0, 0.05) is 30.6 Å². The maximum Gasteiger partial charge on any atom is 0.243 e. The van der Waals surface area contributed by atoms with Crippen molar-refractivity contribution in [3.63, 3.8) is 0 Å². The topological polar surface area (TPSA) is 141 Å². The van der Waals surface area contributed by atoms with E-state index in [1.165, 1.54) is 4.90 Å². The molecule has 11 heteroatoms. The van der Waals surface area contributed by atoms with E-state index in [1.807, 2.05) is 101 Å². The van der Waals surface area contributed by atoms with Gasteiger partial charge in [0.05, 0.1) is 46.2 Å². The second-order valence-corrected chi connectivity index (χ2v) is 15.1. The summed E-state index contributed by atoms with van der Waals surface area (Å²) in [6.45, 7) is 10.4. The molecular weight excluding hydrogens is 661 g/mol. The zero-order chi connectivity index (χ0) is 36.3. The van der Waals surface area contributed by atoms with E-state index in [0.717, 1.165) is 38.4 Å². The summed E-state index contributed by atoms with van der Waals surface area (Å²) in [5.41, 5.74) is 8.33. The molecule has 0 radical (unpaired) electrons. The van der Waals surface area contributed by atoms with E-state index in [9.17, 15) is 19.8 Å². The number of benzene rings is 3. The number of aromatic hydroxyl groups is 1. The van der Waals surface area contributed by atoms with Gasteiger partial charge in [-0.1, -0.05) is 81.4 Å². The number of aromatic nitrogens is 3. The molecule has 5 aromatic rings. The molecular formula is C40H44N6O4S. The molecule has 2 amide bonds. The SMILES string of the molecule is Cc1ncsc1-c1ccc([C@H](C)NC(=O)[C@@H]2C[C@@H](O)CN2C(=O)[C@@H](NCc2ccc(-c3cnnc(-c4ccccc4O)c3)cc2)C(C)(C)C)cc1. The van der Waals surface area contributed by atoms with Crippen LogP contribution in [0.5, 0.6) is 5.75 Å². The number of phenols is 1. The van der Waals surface area contributed by atoms with Gasteiger partial charge in [-0.15, -0.1) is 11.3 Å². The lowest BCUT2D eigenvalue weighted by Gasteiger charge is -2.35. The highest BCUT2D eigenvalue weighted by Crippen LogP contribution is 2.31. The first-order valence-electron chi connectivity index (χ1n) is 17.1. The van der Waals surface area contributed by atoms with Crippen molar-refractivity contribution in [1.29, 1.82) is 0 Å². The van der Waals surface area contributed by atoms with Crippen LogP contribution >= 0.6 is 11.3 Å². The number of carbonyl (C=O) groups is 2. The quantitative estimate of drug-likeness (QED) is 0.133. The van der Waals surface area contributed by atoms with Gasteiger partial charge in [0.15, 0.2) is 0 Å². The van der Waals surface area contributed by atoms with Crippen LogP contribution in [-0.4, -0.2) is 66.8 Å². The molecule has 6 rings (SSSR count). The van der Waals surface area contributed by atoms with E-state index in [2.05, 4.69) is 25.8 Å². The normalized spacial score (nSPS) is 17.3. The summed E-state index contributed by atoms with van der Waals surface area (Å²) in [7, 11) is 0. The Morgan fingerprint density at radius 2 is 1.71 bits per heavy atom. The van der Waals surface area contributed by atoms with Crippen LogP contribution in [0.25, 0.3) is 32.8 Å². The van der Waals surface area contributed by atoms with Crippen molar-refractivity contribution in [2.75, 3.05) is 6.54 Å². The number of para-hydroxylation sites is 1. The van der Waals surface area contributed by atoms with Crippen molar-refractivity contribution in [1.82, 2.24) is 30.7 Å². The van der Waals surface area contributed by atoms with Gasteiger partial charge in [-0.05, 0) is 59.7 Å². The third-order valence-corrected chi connectivity index (χ3v) is 10.4. The number of hydrogen-bond acceptors (Lipinski definition) is 9. The number of aryl methyl sites for hydroxylation is 1. The number of nitrogens with one attached hydrogen (secondary N) is 2. The Hall–Kier alpha value is -4.97. The minimum absolute atomic E-state index is 0.0971. The number of aliphatic hydroxyl groups excluding tert-OH is 1. The first-order chi connectivity index (χ1) is 24.4. The lowest BCUT2D eigenvalue weighted by molar-refractivity contribution is -0.142. The van der Waals surface area contributed by atoms with Crippen molar-refractivity contribution in [3.05, 3.63) is 107 Å². The van der Waals surface area contributed by atoms with Crippen molar-refractivity contribution in [2.45, 2.75) is 71.8 Å². The molecule has 0 aliphatic carbocycles. The van der Waals surface area contributed by atoms with E-state index < -0.39 is 23.6 Å². The Kier molecular flexibility index (Phi) is 10.6. The molecule has 3 heterocycles. The number of phenolic OH excluding ortho intramolecular Hbond substituents is 1. The second-order valence-electron chi connectivity index (χ2n) is 14.2. The minimum Gasteiger partial charge on any atom is -0.507 e. The lowest BCUT2D eigenvalue weighted by Crippen LogP contribution is -2.56. The predicted molar refractivity (Wildman–Crippen MR) is 200 cm³/mol. The summed E-state index contributed by atoms with van der Waals surface area (Å²) in [6.07, 6.45) is 1.08. The molecule has 1 aliphatic heterocycles. The van der Waals surface area contributed by atoms with Gasteiger partial charge in [0.1, 0.15) is 11.8 Å². The number of thiazole rings is 1. The highest BCUT2D eigenvalue weighted by molar-refractivity contribution is 7.13. The highest BCUT2D eigenvalue weighted by Gasteiger charge is 2.44. The van der Waals surface area contributed by atoms with Crippen LogP contribution in [-0.2, 0) is 16.1 Å². The smallest absolute Gasteiger partial charge is 0.243 e. The number of nitrogens with zero attached hydrogens (tertiary/aromatic N) is 4. The second kappa shape index (κ2) is 15.1. The predicted octanol–water partition coefficient (Wildman–Crippen LogP) is 6.29. The van der Waals surface area contributed by atoms with Gasteiger partial charge in [0.2, 0.25) is 11.8 Å². The van der Waals surface area contributed by atoms with Gasteiger partial charge >= 0.3 is 0 Å². The number of rotatable bonds is 10. The zero-order valence-electron chi connectivity index (χ0n) is 29.5. The minimum atomic E-state index is -0.788. The molecule has 1 aliphatic rings. The molecule has 0 spiro atoms. The average Bonchev–Trinajstić information content (AvgIpc) is 3.73. The standard InChI is InChI=1S/C40H44N6O4S/c1-24(27-14-16-29(17-15-27)36-25(2)42-23-51-36)44-38(49)34-19-31(47)22-46(34)39(50)37(40(3,4)5)41-20-26-10-12-28(13-11-26)30-18-33(45-43-21-30)32-8-6-7-9-35(32)48/h6-18,21,23-24,31,34,37,41,47-48H,19-20,22H2,1-5H3,(H,44,49)/t24-,31+,34-,37+/m0/s1. The van der Waals surface area contributed by atoms with Crippen LogP contribution in [0.3, 0.4) is 0 Å². The number of aliphatic hydroxyl groups is 1. The largest absolute Gasteiger partial charge is 0.507 e. The summed E-state index contributed by atoms with van der Waals surface area (Å²) in [5.74, 6) is -0.357. The fraction of sp³-hybridized carbons (Fsp3) is 0.325. The van der Waals surface area contributed by atoms with Crippen LogP contribution in [0, 0.1) is 12.3 Å². The molecule has 4 atom stereocenters. The molecule has 51 heavy (non-hydrogen) atoms. The fourth-order valence-corrected chi connectivity index (χ4v) is 7.32. The van der Waals surface area contributed by atoms with Gasteiger partial charge in [-0.3, -0.25) is 9.59 Å². The van der Waals surface area contributed by atoms with Gasteiger partial charge in [-0.25, -0.2) is 4.98 Å². The van der Waals surface area contributed by atoms with Crippen LogP contribution in [0.2, 0.25) is 0 Å². The summed E-state index contributed by atoms with van der Waals surface area (Å²) < 4.78 is 0. The number of β-amino-alcohol motifs (C(OH)–C–C–N with tert-alkyl or cyclic N) is 1. The summed E-state index contributed by atoms with van der Waals surface area (Å²) in [6, 6.07) is 23.3. The van der Waals surface area contributed by atoms with Crippen LogP contribution in [0.15, 0.2) is 90.6 Å². The molecule has 0 bridgehead atoms. The fourth-order valence-electron chi connectivity index (χ4n) is 6.51. The Balaban J connectivity index is 1.11. The third kappa shape index (κ3) is 8.17. The maximum absolute atomic E-state index is 14.2. The Bertz CT molecular complexity index is 1990. The Morgan fingerprint density at radius 3 is 2.37 bits per heavy atom. The molecule has 1 fully saturated rings. The molecule has 2 aromatic heterocycles. The summed E-state index contributed by atoms with van der Waals surface area (Å²) >= 11 is 1.60. The number of carbonyl (C=O) groups excluding carboxylic acids is 2. The van der Waals surface area contributed by atoms with Crippen LogP contribution in [0.1, 0.15) is 57.0 Å². The number of hydrogen-bond donors (Lipinski definition) is 4. The first kappa shape index (κ1) is 35.8. The average molecular weight is 705 g/mol. The van der Waals surface area contributed by atoms with Crippen LogP contribution < -0.4 is 10.6 Å². The van der Waals surface area contributed by atoms with Crippen molar-refractivity contribution >= 4 is 23.2 Å². The summed E-state index contributed by atoms with van der Waals surface area (Å²) in [5, 5.41) is 35.8. The third-order valence-electron chi connectivity index (χ3n) is 9.39. The molecule has 0 unspecified atom stereocenters. The highest BCUT2D eigenvalue weighted by atomic mass is 32.1. The van der Waals surface area contributed by atoms with E-state index in [4.69, 9.17) is 0 Å².